The average molecular weight is 454 g/mol. The molecule has 0 aliphatic rings. The fourth-order valence-corrected chi connectivity index (χ4v) is 4.92. The van der Waals surface area contributed by atoms with E-state index in [1.807, 2.05) is 85.8 Å². The third-order valence-corrected chi connectivity index (χ3v) is 6.37. The van der Waals surface area contributed by atoms with E-state index in [-0.39, 0.29) is 0 Å². The van der Waals surface area contributed by atoms with Gasteiger partial charge in [-0.25, -0.2) is 4.98 Å². The van der Waals surface area contributed by atoms with Gasteiger partial charge in [-0.3, -0.25) is 0 Å². The zero-order valence-electron chi connectivity index (χ0n) is 17.2. The number of hydrogen-bond acceptors (Lipinski definition) is 6. The maximum atomic E-state index is 5.77. The summed E-state index contributed by atoms with van der Waals surface area (Å²) in [5.41, 5.74) is 5.16. The van der Waals surface area contributed by atoms with Crippen molar-refractivity contribution in [2.24, 2.45) is 10.2 Å². The number of rotatable bonds is 5. The van der Waals surface area contributed by atoms with Crippen molar-refractivity contribution in [3.63, 3.8) is 0 Å². The lowest BCUT2D eigenvalue weighted by atomic mass is 10.1. The molecular weight excluding hydrogens is 434 g/mol. The average Bonchev–Trinajstić information content (AvgIpc) is 3.23. The van der Waals surface area contributed by atoms with Crippen molar-refractivity contribution in [3.05, 3.63) is 95.1 Å². The summed E-state index contributed by atoms with van der Waals surface area (Å²) in [6.07, 6.45) is 0. The number of benzene rings is 3. The number of pyridine rings is 1. The lowest BCUT2D eigenvalue weighted by molar-refractivity contribution is 1.16. The summed E-state index contributed by atoms with van der Waals surface area (Å²) in [5, 5.41) is 13.3. The second-order valence-corrected chi connectivity index (χ2v) is 8.63. The molecule has 0 radical (unpaired) electrons. The number of para-hydroxylation sites is 2. The van der Waals surface area contributed by atoms with E-state index in [1.165, 1.54) is 0 Å². The van der Waals surface area contributed by atoms with Gasteiger partial charge < -0.3 is 10.3 Å². The number of aromatic nitrogens is 2. The van der Waals surface area contributed by atoms with Gasteiger partial charge in [0.05, 0.1) is 21.5 Å². The van der Waals surface area contributed by atoms with E-state index in [0.29, 0.717) is 16.1 Å². The molecular formula is C25H19N5S2. The van der Waals surface area contributed by atoms with E-state index in [1.54, 1.807) is 11.3 Å². The number of hydrogen-bond donors (Lipinski definition) is 2. The van der Waals surface area contributed by atoms with Crippen LogP contribution in [0.1, 0.15) is 5.56 Å². The van der Waals surface area contributed by atoms with E-state index < -0.39 is 0 Å². The Morgan fingerprint density at radius 1 is 0.875 bits per heavy atom. The first kappa shape index (κ1) is 20.2. The molecule has 0 aliphatic carbocycles. The van der Waals surface area contributed by atoms with Crippen molar-refractivity contribution >= 4 is 56.7 Å². The first-order valence-electron chi connectivity index (χ1n) is 10.1. The van der Waals surface area contributed by atoms with E-state index in [0.717, 1.165) is 37.7 Å². The molecule has 7 heteroatoms. The SMILES string of the molecule is Cc1c(N=Nc2ccccc2)c(Nc2ccccc2)[nH]c(=S)c1-c1nc2ccccc2s1. The van der Waals surface area contributed by atoms with Crippen LogP contribution in [0.5, 0.6) is 0 Å². The maximum Gasteiger partial charge on any atom is 0.137 e. The molecule has 0 spiro atoms. The van der Waals surface area contributed by atoms with Crippen LogP contribution in [-0.2, 0) is 0 Å². The largest absolute Gasteiger partial charge is 0.340 e. The van der Waals surface area contributed by atoms with E-state index in [2.05, 4.69) is 26.6 Å². The number of nitrogens with zero attached hydrogens (tertiary/aromatic N) is 3. The Morgan fingerprint density at radius 3 is 2.31 bits per heavy atom. The Labute approximate surface area is 194 Å². The van der Waals surface area contributed by atoms with E-state index >= 15 is 0 Å². The molecule has 0 atom stereocenters. The van der Waals surface area contributed by atoms with Gasteiger partial charge in [-0.1, -0.05) is 60.7 Å². The molecule has 3 aromatic carbocycles. The van der Waals surface area contributed by atoms with Crippen molar-refractivity contribution in [3.8, 4) is 10.6 Å². The lowest BCUT2D eigenvalue weighted by Crippen LogP contribution is -1.98. The van der Waals surface area contributed by atoms with Gasteiger partial charge in [0, 0.05) is 5.69 Å². The molecule has 156 valence electrons. The van der Waals surface area contributed by atoms with Gasteiger partial charge in [0.15, 0.2) is 0 Å². The van der Waals surface area contributed by atoms with Crippen LogP contribution in [0.2, 0.25) is 0 Å². The van der Waals surface area contributed by atoms with Crippen LogP contribution in [0.3, 0.4) is 0 Å². The molecule has 5 aromatic rings. The minimum Gasteiger partial charge on any atom is -0.340 e. The lowest BCUT2D eigenvalue weighted by Gasteiger charge is -2.14. The maximum absolute atomic E-state index is 5.77. The first-order chi connectivity index (χ1) is 15.7. The van der Waals surface area contributed by atoms with Gasteiger partial charge >= 0.3 is 0 Å². The Hall–Kier alpha value is -3.68. The number of azo groups is 1. The molecule has 5 nitrogen and oxygen atoms in total. The molecule has 0 amide bonds. The summed E-state index contributed by atoms with van der Waals surface area (Å²) in [6, 6.07) is 27.7. The van der Waals surface area contributed by atoms with Crippen molar-refractivity contribution < 1.29 is 0 Å². The van der Waals surface area contributed by atoms with Crippen molar-refractivity contribution in [2.75, 3.05) is 5.32 Å². The third kappa shape index (κ3) is 4.08. The van der Waals surface area contributed by atoms with Gasteiger partial charge in [-0.05, 0) is 48.9 Å². The standard InChI is InChI=1S/C25H19N5S2/c1-16-21(25-27-19-14-8-9-15-20(19)32-25)24(31)28-23(26-17-10-4-2-5-11-17)22(16)30-29-18-12-6-3-7-13-18/h2-15H,1H3,(H2,26,28,31). The molecule has 0 bridgehead atoms. The highest BCUT2D eigenvalue weighted by atomic mass is 32.1. The molecule has 2 heterocycles. The van der Waals surface area contributed by atoms with Crippen LogP contribution < -0.4 is 5.32 Å². The van der Waals surface area contributed by atoms with Crippen LogP contribution in [0, 0.1) is 11.6 Å². The second-order valence-electron chi connectivity index (χ2n) is 7.19. The first-order valence-corrected chi connectivity index (χ1v) is 11.3. The number of thiazole rings is 1. The molecule has 2 N–H and O–H groups in total. The molecule has 0 aliphatic heterocycles. The van der Waals surface area contributed by atoms with Gasteiger partial charge in [0.25, 0.3) is 0 Å². The van der Waals surface area contributed by atoms with Crippen molar-refractivity contribution in [1.82, 2.24) is 9.97 Å². The molecule has 0 saturated heterocycles. The summed E-state index contributed by atoms with van der Waals surface area (Å²) < 4.78 is 1.73. The number of nitrogens with one attached hydrogen (secondary N) is 2. The molecule has 0 fully saturated rings. The Kier molecular flexibility index (Phi) is 5.58. The minimum absolute atomic E-state index is 0.610. The van der Waals surface area contributed by atoms with Gasteiger partial charge in [-0.2, -0.15) is 5.11 Å². The molecule has 0 saturated carbocycles. The van der Waals surface area contributed by atoms with E-state index in [4.69, 9.17) is 17.2 Å². The topological polar surface area (TPSA) is 65.4 Å². The summed E-state index contributed by atoms with van der Waals surface area (Å²) in [5.74, 6) is 0.697. The summed E-state index contributed by atoms with van der Waals surface area (Å²) in [6.45, 7) is 2.01. The zero-order chi connectivity index (χ0) is 21.9. The van der Waals surface area contributed by atoms with Crippen LogP contribution in [0.4, 0.5) is 22.9 Å². The van der Waals surface area contributed by atoms with Crippen LogP contribution in [-0.4, -0.2) is 9.97 Å². The van der Waals surface area contributed by atoms with Gasteiger partial charge in [0.1, 0.15) is 21.2 Å². The highest BCUT2D eigenvalue weighted by Crippen LogP contribution is 2.40. The van der Waals surface area contributed by atoms with E-state index in [9.17, 15) is 0 Å². The number of aromatic amines is 1. The van der Waals surface area contributed by atoms with Crippen molar-refractivity contribution in [1.29, 1.82) is 0 Å². The van der Waals surface area contributed by atoms with Crippen LogP contribution >= 0.6 is 23.6 Å². The predicted molar refractivity (Wildman–Crippen MR) is 135 cm³/mol. The van der Waals surface area contributed by atoms with Crippen molar-refractivity contribution in [2.45, 2.75) is 6.92 Å². The molecule has 5 rings (SSSR count). The fraction of sp³-hybridized carbons (Fsp3) is 0.0400. The Balaban J connectivity index is 1.67. The minimum atomic E-state index is 0.610. The predicted octanol–water partition coefficient (Wildman–Crippen LogP) is 8.49. The number of fused-ring (bicyclic) bond motifs is 1. The normalized spacial score (nSPS) is 11.3. The molecule has 32 heavy (non-hydrogen) atoms. The number of anilines is 2. The van der Waals surface area contributed by atoms with Gasteiger partial charge in [-0.15, -0.1) is 16.5 Å². The molecule has 2 aromatic heterocycles. The summed E-state index contributed by atoms with van der Waals surface area (Å²) >= 11 is 7.39. The second kappa shape index (κ2) is 8.82. The quantitative estimate of drug-likeness (QED) is 0.207. The number of H-pyrrole nitrogens is 1. The van der Waals surface area contributed by atoms with Crippen LogP contribution in [0.25, 0.3) is 20.8 Å². The third-order valence-electron chi connectivity index (χ3n) is 5.01. The highest BCUT2D eigenvalue weighted by Gasteiger charge is 2.18. The van der Waals surface area contributed by atoms with Crippen LogP contribution in [0.15, 0.2) is 95.2 Å². The molecule has 0 unspecified atom stereocenters. The highest BCUT2D eigenvalue weighted by molar-refractivity contribution is 7.71. The zero-order valence-corrected chi connectivity index (χ0v) is 18.9. The Bertz CT molecular complexity index is 1440. The van der Waals surface area contributed by atoms with Gasteiger partial charge in [0.2, 0.25) is 0 Å². The summed E-state index contributed by atoms with van der Waals surface area (Å²) in [4.78, 5) is 8.15. The smallest absolute Gasteiger partial charge is 0.137 e. The fourth-order valence-electron chi connectivity index (χ4n) is 3.43. The Morgan fingerprint density at radius 2 is 1.56 bits per heavy atom. The monoisotopic (exact) mass is 453 g/mol. The summed E-state index contributed by atoms with van der Waals surface area (Å²) in [7, 11) is 0.